The normalized spacial score (nSPS) is 23.4. The maximum absolute atomic E-state index is 12.6. The Morgan fingerprint density at radius 2 is 2.00 bits per heavy atom. The summed E-state index contributed by atoms with van der Waals surface area (Å²) in [7, 11) is 0. The zero-order valence-electron chi connectivity index (χ0n) is 14.0. The Bertz CT molecular complexity index is 384. The summed E-state index contributed by atoms with van der Waals surface area (Å²) in [5.74, 6) is 2.10. The zero-order valence-corrected chi connectivity index (χ0v) is 15.6. The van der Waals surface area contributed by atoms with Crippen LogP contribution in [0.15, 0.2) is 0 Å². The van der Waals surface area contributed by atoms with Crippen molar-refractivity contribution in [3.05, 3.63) is 0 Å². The monoisotopic (exact) mass is 363 g/mol. The van der Waals surface area contributed by atoms with Crippen molar-refractivity contribution in [2.75, 3.05) is 24.6 Å². The molecule has 3 N–H and O–H groups in total. The summed E-state index contributed by atoms with van der Waals surface area (Å²) >= 11 is 1.89. The van der Waals surface area contributed by atoms with Crippen LogP contribution in [0.1, 0.15) is 51.9 Å². The van der Waals surface area contributed by atoms with E-state index < -0.39 is 5.54 Å². The minimum atomic E-state index is -0.674. The Kier molecular flexibility index (Phi) is 9.32. The van der Waals surface area contributed by atoms with Crippen molar-refractivity contribution >= 4 is 36.0 Å². The summed E-state index contributed by atoms with van der Waals surface area (Å²) in [4.78, 5) is 25.0. The van der Waals surface area contributed by atoms with Gasteiger partial charge in [-0.2, -0.15) is 11.8 Å². The predicted molar refractivity (Wildman–Crippen MR) is 98.2 cm³/mol. The van der Waals surface area contributed by atoms with E-state index in [0.717, 1.165) is 56.6 Å². The largest absolute Gasteiger partial charge is 0.354 e. The highest BCUT2D eigenvalue weighted by atomic mass is 35.5. The topological polar surface area (TPSA) is 70.2 Å². The van der Waals surface area contributed by atoms with Gasteiger partial charge in [0.15, 0.2) is 0 Å². The van der Waals surface area contributed by atoms with E-state index in [-0.39, 0.29) is 30.3 Å². The van der Waals surface area contributed by atoms with E-state index >= 15 is 0 Å². The number of thioether (sulfide) groups is 1. The van der Waals surface area contributed by atoms with Crippen LogP contribution in [0.2, 0.25) is 0 Å². The lowest BCUT2D eigenvalue weighted by molar-refractivity contribution is -0.135. The van der Waals surface area contributed by atoms with Crippen molar-refractivity contribution in [2.24, 2.45) is 0 Å². The molecule has 1 unspecified atom stereocenters. The number of hydrogen-bond acceptors (Lipinski definition) is 4. The molecule has 2 amide bonds. The third kappa shape index (κ3) is 6.16. The fourth-order valence-corrected chi connectivity index (χ4v) is 4.21. The summed E-state index contributed by atoms with van der Waals surface area (Å²) in [6, 6.07) is 0.234. The lowest BCUT2D eigenvalue weighted by Gasteiger charge is -2.37. The Morgan fingerprint density at radius 3 is 2.61 bits per heavy atom. The second kappa shape index (κ2) is 10.4. The lowest BCUT2D eigenvalue weighted by atomic mass is 9.80. The van der Waals surface area contributed by atoms with E-state index in [1.54, 1.807) is 0 Å². The number of halogens is 1. The smallest absolute Gasteiger partial charge is 0.245 e. The maximum atomic E-state index is 12.6. The van der Waals surface area contributed by atoms with Gasteiger partial charge in [-0.15, -0.1) is 12.4 Å². The number of carbonyl (C=O) groups is 2. The van der Waals surface area contributed by atoms with Crippen LogP contribution < -0.4 is 16.0 Å². The molecule has 1 aliphatic heterocycles. The number of hydrogen-bond donors (Lipinski definition) is 3. The molecule has 5 nitrogen and oxygen atoms in total. The fraction of sp³-hybridized carbons (Fsp3) is 0.875. The van der Waals surface area contributed by atoms with Crippen molar-refractivity contribution in [1.82, 2.24) is 16.0 Å². The van der Waals surface area contributed by atoms with Gasteiger partial charge in [-0.3, -0.25) is 9.59 Å². The first-order valence-corrected chi connectivity index (χ1v) is 9.72. The van der Waals surface area contributed by atoms with E-state index in [0.29, 0.717) is 13.0 Å². The molecule has 1 atom stereocenters. The molecule has 0 aromatic heterocycles. The third-order valence-corrected chi connectivity index (χ3v) is 5.62. The molecule has 7 heteroatoms. The minimum Gasteiger partial charge on any atom is -0.354 e. The molecule has 0 spiro atoms. The molecule has 1 heterocycles. The van der Waals surface area contributed by atoms with Gasteiger partial charge in [-0.05, 0) is 19.3 Å². The molecular formula is C16H30ClN3O2S. The Labute approximate surface area is 149 Å². The van der Waals surface area contributed by atoms with Crippen LogP contribution >= 0.6 is 24.2 Å². The quantitative estimate of drug-likeness (QED) is 0.673. The number of rotatable bonds is 6. The van der Waals surface area contributed by atoms with Gasteiger partial charge in [0, 0.05) is 37.1 Å². The van der Waals surface area contributed by atoms with Gasteiger partial charge in [0.25, 0.3) is 0 Å². The molecule has 0 aromatic carbocycles. The second-order valence-corrected chi connectivity index (χ2v) is 7.53. The first-order valence-electron chi connectivity index (χ1n) is 8.57. The first kappa shape index (κ1) is 20.6. The van der Waals surface area contributed by atoms with E-state index in [1.165, 1.54) is 0 Å². The van der Waals surface area contributed by atoms with Crippen LogP contribution in [0.25, 0.3) is 0 Å². The van der Waals surface area contributed by atoms with Crippen molar-refractivity contribution in [2.45, 2.75) is 63.5 Å². The molecule has 1 saturated carbocycles. The molecule has 1 saturated heterocycles. The Morgan fingerprint density at radius 1 is 1.26 bits per heavy atom. The summed E-state index contributed by atoms with van der Waals surface area (Å²) in [6.45, 7) is 3.68. The third-order valence-electron chi connectivity index (χ3n) is 4.49. The molecule has 23 heavy (non-hydrogen) atoms. The average molecular weight is 364 g/mol. The summed E-state index contributed by atoms with van der Waals surface area (Å²) in [6.07, 6.45) is 6.09. The van der Waals surface area contributed by atoms with Crippen molar-refractivity contribution in [1.29, 1.82) is 0 Å². The first-order chi connectivity index (χ1) is 10.7. The minimum absolute atomic E-state index is 0. The van der Waals surface area contributed by atoms with Crippen molar-refractivity contribution in [3.63, 3.8) is 0 Å². The van der Waals surface area contributed by atoms with Gasteiger partial charge in [0.2, 0.25) is 11.8 Å². The number of nitrogens with one attached hydrogen (secondary N) is 3. The van der Waals surface area contributed by atoms with Gasteiger partial charge in [0.05, 0.1) is 0 Å². The number of carbonyl (C=O) groups excluding carboxylic acids is 2. The van der Waals surface area contributed by atoms with Gasteiger partial charge in [-0.25, -0.2) is 0 Å². The standard InChI is InChI=1S/C16H29N3O2S.ClH/c1-2-8-18-15(21)16(6-4-3-5-7-16)19-14(20)11-13-12-22-10-9-17-13;/h13,17H,2-12H2,1H3,(H,18,21)(H,19,20);1H. The summed E-state index contributed by atoms with van der Waals surface area (Å²) < 4.78 is 0. The summed E-state index contributed by atoms with van der Waals surface area (Å²) in [5.41, 5.74) is -0.674. The highest BCUT2D eigenvalue weighted by Gasteiger charge is 2.40. The van der Waals surface area contributed by atoms with E-state index in [4.69, 9.17) is 0 Å². The second-order valence-electron chi connectivity index (χ2n) is 6.38. The molecule has 0 radical (unpaired) electrons. The molecule has 0 aromatic rings. The molecule has 1 aliphatic carbocycles. The van der Waals surface area contributed by atoms with Crippen LogP contribution in [-0.2, 0) is 9.59 Å². The molecule has 2 rings (SSSR count). The van der Waals surface area contributed by atoms with Gasteiger partial charge in [-0.1, -0.05) is 26.2 Å². The van der Waals surface area contributed by atoms with Crippen LogP contribution in [-0.4, -0.2) is 48.0 Å². The van der Waals surface area contributed by atoms with E-state index in [1.807, 2.05) is 18.7 Å². The highest BCUT2D eigenvalue weighted by molar-refractivity contribution is 7.99. The molecule has 0 bridgehead atoms. The van der Waals surface area contributed by atoms with E-state index in [9.17, 15) is 9.59 Å². The molecule has 2 aliphatic rings. The number of amides is 2. The SMILES string of the molecule is CCCNC(=O)C1(NC(=O)CC2CSCCN2)CCCCC1.Cl. The van der Waals surface area contributed by atoms with Crippen LogP contribution in [0.4, 0.5) is 0 Å². The zero-order chi connectivity index (χ0) is 15.8. The van der Waals surface area contributed by atoms with Crippen LogP contribution in [0, 0.1) is 0 Å². The molecule has 2 fully saturated rings. The predicted octanol–water partition coefficient (Wildman–Crippen LogP) is 1.85. The lowest BCUT2D eigenvalue weighted by Crippen LogP contribution is -2.60. The molecular weight excluding hydrogens is 334 g/mol. The molecule has 134 valence electrons. The van der Waals surface area contributed by atoms with Gasteiger partial charge in [0.1, 0.15) is 5.54 Å². The van der Waals surface area contributed by atoms with Crippen molar-refractivity contribution in [3.8, 4) is 0 Å². The average Bonchev–Trinajstić information content (AvgIpc) is 2.54. The Hall–Kier alpha value is -0.460. The highest BCUT2D eigenvalue weighted by Crippen LogP contribution is 2.29. The van der Waals surface area contributed by atoms with Crippen LogP contribution in [0.5, 0.6) is 0 Å². The van der Waals surface area contributed by atoms with Gasteiger partial charge >= 0.3 is 0 Å². The van der Waals surface area contributed by atoms with E-state index in [2.05, 4.69) is 16.0 Å². The van der Waals surface area contributed by atoms with Crippen LogP contribution in [0.3, 0.4) is 0 Å². The van der Waals surface area contributed by atoms with Gasteiger partial charge < -0.3 is 16.0 Å². The summed E-state index contributed by atoms with van der Waals surface area (Å²) in [5, 5.41) is 9.45. The fourth-order valence-electron chi connectivity index (χ4n) is 3.26. The maximum Gasteiger partial charge on any atom is 0.245 e. The Balaban J connectivity index is 0.00000264. The van der Waals surface area contributed by atoms with Crippen molar-refractivity contribution < 1.29 is 9.59 Å².